The molecule has 5 nitrogen and oxygen atoms in total. The van der Waals surface area contributed by atoms with Crippen molar-refractivity contribution < 1.29 is 17.6 Å². The maximum Gasteiger partial charge on any atom is 0.265 e. The van der Waals surface area contributed by atoms with Gasteiger partial charge in [0.05, 0.1) is 6.34 Å². The number of aliphatic imine (C=N–C) groups is 1. The number of rotatable bonds is 4. The monoisotopic (exact) mass is 499 g/mol. The predicted molar refractivity (Wildman–Crippen MR) is 100 cm³/mol. The minimum atomic E-state index is -2.53. The molecule has 0 spiro atoms. The van der Waals surface area contributed by atoms with Gasteiger partial charge in [-0.2, -0.15) is 0 Å². The van der Waals surface area contributed by atoms with Gasteiger partial charge < -0.3 is 10.6 Å². The Labute approximate surface area is 164 Å². The molecule has 0 fully saturated rings. The van der Waals surface area contributed by atoms with Crippen LogP contribution in [0.3, 0.4) is 0 Å². The number of halogens is 6. The molecule has 0 aromatic carbocycles. The second-order valence-corrected chi connectivity index (χ2v) is 6.71. The van der Waals surface area contributed by atoms with Gasteiger partial charge in [0.25, 0.3) is 12.9 Å². The lowest BCUT2D eigenvalue weighted by atomic mass is 10.3. The van der Waals surface area contributed by atoms with Gasteiger partial charge in [-0.15, -0.1) is 0 Å². The van der Waals surface area contributed by atoms with Crippen LogP contribution in [0.5, 0.6) is 0 Å². The summed E-state index contributed by atoms with van der Waals surface area (Å²) in [5.41, 5.74) is 4.97. The summed E-state index contributed by atoms with van der Waals surface area (Å²) >= 11 is 5.94. The molecule has 2 N–H and O–H groups in total. The van der Waals surface area contributed by atoms with Gasteiger partial charge in [-0.1, -0.05) is 0 Å². The average molecular weight is 501 g/mol. The number of hydrogen-bond donors (Lipinski definition) is 1. The number of hydrogen-bond acceptors (Lipinski definition) is 4. The van der Waals surface area contributed by atoms with Crippen LogP contribution in [0.4, 0.5) is 29.2 Å². The van der Waals surface area contributed by atoms with Crippen molar-refractivity contribution in [3.8, 4) is 0 Å². The summed E-state index contributed by atoms with van der Waals surface area (Å²) in [4.78, 5) is 13.1. The van der Waals surface area contributed by atoms with E-state index in [0.717, 1.165) is 6.07 Å². The topological polar surface area (TPSA) is 67.4 Å². The lowest BCUT2D eigenvalue weighted by molar-refractivity contribution is 0.150. The van der Waals surface area contributed by atoms with Crippen molar-refractivity contribution in [1.29, 1.82) is 0 Å². The molecule has 0 amide bonds. The van der Waals surface area contributed by atoms with Crippen LogP contribution < -0.4 is 5.73 Å². The van der Waals surface area contributed by atoms with E-state index in [1.807, 2.05) is 0 Å². The van der Waals surface area contributed by atoms with Gasteiger partial charge in [0, 0.05) is 46.6 Å². The molecule has 11 heteroatoms. The molecule has 0 saturated heterocycles. The van der Waals surface area contributed by atoms with Gasteiger partial charge in [0.15, 0.2) is 5.82 Å². The van der Waals surface area contributed by atoms with Gasteiger partial charge in [-0.25, -0.2) is 32.5 Å². The Kier molecular flexibility index (Phi) is 8.93. The van der Waals surface area contributed by atoms with Crippen molar-refractivity contribution >= 4 is 49.8 Å². The molecule has 2 heterocycles. The Morgan fingerprint density at radius 3 is 1.96 bits per heavy atom. The molecule has 0 saturated carbocycles. The Hall–Kier alpha value is -1.75. The number of pyridine rings is 2. The summed E-state index contributed by atoms with van der Waals surface area (Å²) in [5.74, 6) is 0.366. The molecule has 0 unspecified atom stereocenters. The Morgan fingerprint density at radius 2 is 1.50 bits per heavy atom. The highest BCUT2D eigenvalue weighted by atomic mass is 79.9. The first kappa shape index (κ1) is 22.3. The summed E-state index contributed by atoms with van der Waals surface area (Å²) in [6.45, 7) is 0. The third kappa shape index (κ3) is 7.24. The molecular formula is C15H15Br2F4N5. The van der Waals surface area contributed by atoms with Gasteiger partial charge in [0.2, 0.25) is 0 Å². The summed E-state index contributed by atoms with van der Waals surface area (Å²) < 4.78 is 49.7. The molecule has 2 aromatic rings. The first-order valence-corrected chi connectivity index (χ1v) is 8.53. The van der Waals surface area contributed by atoms with Crippen LogP contribution in [0, 0.1) is 0 Å². The summed E-state index contributed by atoms with van der Waals surface area (Å²) in [6, 6.07) is 2.41. The van der Waals surface area contributed by atoms with Gasteiger partial charge in [-0.05, 0) is 44.0 Å². The Balaban J connectivity index is 0.000000273. The molecule has 0 aliphatic rings. The van der Waals surface area contributed by atoms with Crippen LogP contribution in [0.2, 0.25) is 0 Å². The molecule has 2 aromatic heterocycles. The molecule has 142 valence electrons. The van der Waals surface area contributed by atoms with Crippen molar-refractivity contribution in [1.82, 2.24) is 14.9 Å². The van der Waals surface area contributed by atoms with Crippen LogP contribution in [-0.2, 0) is 0 Å². The molecule has 0 atom stereocenters. The number of nitrogen functional groups attached to an aromatic ring is 1. The van der Waals surface area contributed by atoms with E-state index in [1.54, 1.807) is 19.0 Å². The normalized spacial score (nSPS) is 11.0. The molecule has 2 rings (SSSR count). The van der Waals surface area contributed by atoms with E-state index in [1.165, 1.54) is 24.8 Å². The third-order valence-electron chi connectivity index (χ3n) is 2.67. The highest BCUT2D eigenvalue weighted by molar-refractivity contribution is 9.10. The molecule has 0 bridgehead atoms. The molecule has 0 aliphatic carbocycles. The summed E-state index contributed by atoms with van der Waals surface area (Å²) in [7, 11) is 3.58. The molecule has 0 aliphatic heterocycles. The van der Waals surface area contributed by atoms with E-state index in [-0.39, 0.29) is 27.2 Å². The number of nitrogens with two attached hydrogens (primary N) is 1. The number of anilines is 1. The van der Waals surface area contributed by atoms with Crippen molar-refractivity contribution in [2.45, 2.75) is 12.9 Å². The maximum absolute atomic E-state index is 12.5. The third-order valence-corrected chi connectivity index (χ3v) is 3.99. The van der Waals surface area contributed by atoms with Crippen molar-refractivity contribution in [2.75, 3.05) is 19.8 Å². The van der Waals surface area contributed by atoms with Crippen LogP contribution in [0.25, 0.3) is 0 Å². The fraction of sp³-hybridized carbons (Fsp3) is 0.267. The van der Waals surface area contributed by atoms with E-state index in [2.05, 4.69) is 46.8 Å². The predicted octanol–water partition coefficient (Wildman–Crippen LogP) is 5.37. The lowest BCUT2D eigenvalue weighted by Crippen LogP contribution is -2.07. The largest absolute Gasteiger partial charge is 0.384 e. The van der Waals surface area contributed by atoms with Crippen LogP contribution in [0.15, 0.2) is 38.5 Å². The highest BCUT2D eigenvalue weighted by Crippen LogP contribution is 2.29. The van der Waals surface area contributed by atoms with E-state index in [0.29, 0.717) is 4.47 Å². The number of nitrogens with zero attached hydrogens (tertiary/aromatic N) is 4. The van der Waals surface area contributed by atoms with Crippen molar-refractivity contribution in [2.24, 2.45) is 4.99 Å². The van der Waals surface area contributed by atoms with Gasteiger partial charge in [-0.3, -0.25) is 0 Å². The second-order valence-electron chi connectivity index (χ2n) is 5.00. The molecular weight excluding hydrogens is 486 g/mol. The minimum absolute atomic E-state index is 0.100. The quantitative estimate of drug-likeness (QED) is 0.348. The fourth-order valence-corrected chi connectivity index (χ4v) is 2.27. The number of aromatic nitrogens is 2. The van der Waals surface area contributed by atoms with Crippen LogP contribution in [-0.4, -0.2) is 35.3 Å². The number of alkyl halides is 4. The van der Waals surface area contributed by atoms with E-state index >= 15 is 0 Å². The fourth-order valence-electron chi connectivity index (χ4n) is 1.49. The Bertz CT molecular complexity index is 757. The van der Waals surface area contributed by atoms with E-state index < -0.39 is 12.9 Å². The maximum atomic E-state index is 12.5. The zero-order chi connectivity index (χ0) is 19.9. The van der Waals surface area contributed by atoms with Crippen molar-refractivity contribution in [3.63, 3.8) is 0 Å². The smallest absolute Gasteiger partial charge is 0.265 e. The van der Waals surface area contributed by atoms with Gasteiger partial charge in [0.1, 0.15) is 5.82 Å². The molecule has 26 heavy (non-hydrogen) atoms. The first-order chi connectivity index (χ1) is 12.1. The standard InChI is InChI=1S/C9H10BrF2N3.C6H5BrF2N2/c1-15(2)5-14-8-3-6(9(11)12)7(10)4-13-8;7-4-2-11-5(10)1-3(4)6(8)9/h3-5,9H,1-2H3;1-2,6H,(H2,10,11). The zero-order valence-electron chi connectivity index (χ0n) is 13.7. The SMILES string of the molecule is CN(C)C=Nc1cc(C(F)F)c(Br)cn1.Nc1cc(C(F)F)c(Br)cn1. The minimum Gasteiger partial charge on any atom is -0.384 e. The lowest BCUT2D eigenvalue weighted by Gasteiger charge is -2.04. The summed E-state index contributed by atoms with van der Waals surface area (Å²) in [5, 5.41) is 0. The van der Waals surface area contributed by atoms with E-state index in [4.69, 9.17) is 5.73 Å². The van der Waals surface area contributed by atoms with Gasteiger partial charge >= 0.3 is 0 Å². The molecule has 0 radical (unpaired) electrons. The highest BCUT2D eigenvalue weighted by Gasteiger charge is 2.12. The summed E-state index contributed by atoms with van der Waals surface area (Å²) in [6.07, 6.45) is -0.961. The van der Waals surface area contributed by atoms with Crippen LogP contribution >= 0.6 is 31.9 Å². The van der Waals surface area contributed by atoms with Crippen molar-refractivity contribution in [3.05, 3.63) is 44.6 Å². The average Bonchev–Trinajstić information content (AvgIpc) is 2.56. The second kappa shape index (κ2) is 10.4. The Morgan fingerprint density at radius 1 is 1.00 bits per heavy atom. The first-order valence-electron chi connectivity index (χ1n) is 6.95. The zero-order valence-corrected chi connectivity index (χ0v) is 16.8. The van der Waals surface area contributed by atoms with E-state index in [9.17, 15) is 17.6 Å². The van der Waals surface area contributed by atoms with Crippen LogP contribution in [0.1, 0.15) is 24.0 Å².